The Labute approximate surface area is 163 Å². The molecule has 0 N–H and O–H groups in total. The summed E-state index contributed by atoms with van der Waals surface area (Å²) >= 11 is 0. The number of benzene rings is 1. The van der Waals surface area contributed by atoms with Gasteiger partial charge in [-0.1, -0.05) is 12.1 Å². The SMILES string of the molecule is CCOC(=O)OC1=C(C)N(C)C(C)=C(OC(=O)OCC)C1c1ccc(F)cc1. The van der Waals surface area contributed by atoms with Gasteiger partial charge in [0, 0.05) is 7.05 Å². The number of nitrogens with zero attached hydrogens (tertiary/aromatic N) is 1. The van der Waals surface area contributed by atoms with E-state index in [0.29, 0.717) is 17.0 Å². The zero-order valence-corrected chi connectivity index (χ0v) is 16.6. The molecule has 1 aromatic carbocycles. The minimum atomic E-state index is -0.882. The fraction of sp³-hybridized carbons (Fsp3) is 0.400. The Kier molecular flexibility index (Phi) is 7.03. The summed E-state index contributed by atoms with van der Waals surface area (Å²) in [4.78, 5) is 25.7. The lowest BCUT2D eigenvalue weighted by Crippen LogP contribution is -2.30. The normalized spacial score (nSPS) is 14.9. The Morgan fingerprint density at radius 2 is 1.36 bits per heavy atom. The van der Waals surface area contributed by atoms with Gasteiger partial charge in [0.1, 0.15) is 23.3 Å². The summed E-state index contributed by atoms with van der Waals surface area (Å²) in [6, 6.07) is 5.63. The van der Waals surface area contributed by atoms with Crippen molar-refractivity contribution in [2.24, 2.45) is 0 Å². The molecule has 0 saturated carbocycles. The molecule has 0 aliphatic carbocycles. The van der Waals surface area contributed by atoms with E-state index >= 15 is 0 Å². The zero-order valence-electron chi connectivity index (χ0n) is 16.6. The molecule has 0 spiro atoms. The Morgan fingerprint density at radius 1 is 0.929 bits per heavy atom. The molecule has 0 unspecified atom stereocenters. The number of rotatable bonds is 5. The maximum Gasteiger partial charge on any atom is 0.513 e. The molecule has 1 aromatic rings. The maximum atomic E-state index is 13.4. The van der Waals surface area contributed by atoms with Crippen LogP contribution in [-0.4, -0.2) is 37.5 Å². The summed E-state index contributed by atoms with van der Waals surface area (Å²) in [5.41, 5.74) is 1.82. The van der Waals surface area contributed by atoms with E-state index in [0.717, 1.165) is 0 Å². The van der Waals surface area contributed by atoms with Crippen molar-refractivity contribution in [1.82, 2.24) is 4.90 Å². The summed E-state index contributed by atoms with van der Waals surface area (Å²) in [6.07, 6.45) is -1.76. The van der Waals surface area contributed by atoms with E-state index in [-0.39, 0.29) is 24.7 Å². The number of hydrogen-bond acceptors (Lipinski definition) is 7. The highest BCUT2D eigenvalue weighted by molar-refractivity contribution is 5.65. The largest absolute Gasteiger partial charge is 0.513 e. The van der Waals surface area contributed by atoms with Crippen molar-refractivity contribution in [3.05, 3.63) is 58.6 Å². The highest BCUT2D eigenvalue weighted by Gasteiger charge is 2.37. The van der Waals surface area contributed by atoms with Crippen molar-refractivity contribution in [3.8, 4) is 0 Å². The molecule has 152 valence electrons. The lowest BCUT2D eigenvalue weighted by Gasteiger charge is -2.35. The van der Waals surface area contributed by atoms with Crippen LogP contribution in [0, 0.1) is 5.82 Å². The molecular weight excluding hydrogens is 369 g/mol. The summed E-state index contributed by atoms with van der Waals surface area (Å²) < 4.78 is 34.1. The van der Waals surface area contributed by atoms with Gasteiger partial charge in [-0.2, -0.15) is 0 Å². The van der Waals surface area contributed by atoms with Crippen LogP contribution in [0.2, 0.25) is 0 Å². The average Bonchev–Trinajstić information content (AvgIpc) is 2.65. The predicted molar refractivity (Wildman–Crippen MR) is 98.5 cm³/mol. The van der Waals surface area contributed by atoms with E-state index in [4.69, 9.17) is 18.9 Å². The second-order valence-electron chi connectivity index (χ2n) is 6.01. The van der Waals surface area contributed by atoms with Crippen molar-refractivity contribution in [2.45, 2.75) is 33.6 Å². The number of ether oxygens (including phenoxy) is 4. The Hall–Kier alpha value is -3.03. The molecule has 0 saturated heterocycles. The van der Waals surface area contributed by atoms with Crippen LogP contribution in [0.25, 0.3) is 0 Å². The number of halogens is 1. The van der Waals surface area contributed by atoms with Gasteiger partial charge in [-0.15, -0.1) is 0 Å². The minimum Gasteiger partial charge on any atom is -0.434 e. The van der Waals surface area contributed by atoms with Crippen molar-refractivity contribution in [2.75, 3.05) is 20.3 Å². The smallest absolute Gasteiger partial charge is 0.434 e. The summed E-state index contributed by atoms with van der Waals surface area (Å²) in [6.45, 7) is 7.12. The second kappa shape index (κ2) is 9.25. The lowest BCUT2D eigenvalue weighted by atomic mass is 9.90. The number of carbonyl (C=O) groups is 2. The molecule has 0 fully saturated rings. The second-order valence-corrected chi connectivity index (χ2v) is 6.01. The highest BCUT2D eigenvalue weighted by Crippen LogP contribution is 2.42. The topological polar surface area (TPSA) is 74.3 Å². The molecule has 1 aliphatic rings. The highest BCUT2D eigenvalue weighted by atomic mass is 19.1. The molecule has 0 radical (unpaired) electrons. The van der Waals surface area contributed by atoms with Crippen LogP contribution in [0.15, 0.2) is 47.2 Å². The standard InChI is InChI=1S/C20H24FNO6/c1-6-25-19(23)27-17-12(3)22(5)13(4)18(28-20(24)26-7-2)16(17)14-8-10-15(21)11-9-14/h8-11,16H,6-7H2,1-5H3. The maximum absolute atomic E-state index is 13.4. The molecule has 0 amide bonds. The fourth-order valence-electron chi connectivity index (χ4n) is 2.82. The van der Waals surface area contributed by atoms with Crippen LogP contribution in [0.1, 0.15) is 39.2 Å². The van der Waals surface area contributed by atoms with Gasteiger partial charge >= 0.3 is 12.3 Å². The first-order valence-corrected chi connectivity index (χ1v) is 8.90. The van der Waals surface area contributed by atoms with Crippen LogP contribution >= 0.6 is 0 Å². The average molecular weight is 393 g/mol. The van der Waals surface area contributed by atoms with Crippen molar-refractivity contribution in [1.29, 1.82) is 0 Å². The van der Waals surface area contributed by atoms with E-state index in [1.807, 2.05) is 0 Å². The Bertz CT molecular complexity index is 755. The Balaban J connectivity index is 2.55. The third-order valence-electron chi connectivity index (χ3n) is 4.36. The van der Waals surface area contributed by atoms with Crippen LogP contribution in [0.5, 0.6) is 0 Å². The molecule has 2 rings (SSSR count). The van der Waals surface area contributed by atoms with Crippen molar-refractivity contribution in [3.63, 3.8) is 0 Å². The molecule has 1 aliphatic heterocycles. The third-order valence-corrected chi connectivity index (χ3v) is 4.36. The van der Waals surface area contributed by atoms with Gasteiger partial charge in [-0.25, -0.2) is 14.0 Å². The molecule has 0 atom stereocenters. The predicted octanol–water partition coefficient (Wildman–Crippen LogP) is 4.66. The van der Waals surface area contributed by atoms with Gasteiger partial charge in [0.2, 0.25) is 0 Å². The molecule has 8 heteroatoms. The molecular formula is C20H24FNO6. The van der Waals surface area contributed by atoms with Gasteiger partial charge in [0.15, 0.2) is 0 Å². The van der Waals surface area contributed by atoms with E-state index in [1.165, 1.54) is 24.3 Å². The third kappa shape index (κ3) is 4.62. The lowest BCUT2D eigenvalue weighted by molar-refractivity contribution is 0.0618. The van der Waals surface area contributed by atoms with Crippen molar-refractivity contribution >= 4 is 12.3 Å². The van der Waals surface area contributed by atoms with Gasteiger partial charge in [-0.05, 0) is 45.4 Å². The van der Waals surface area contributed by atoms with Crippen LogP contribution in [0.4, 0.5) is 14.0 Å². The quantitative estimate of drug-likeness (QED) is 0.673. The number of allylic oxidation sites excluding steroid dienone is 2. The van der Waals surface area contributed by atoms with Crippen LogP contribution < -0.4 is 0 Å². The van der Waals surface area contributed by atoms with Gasteiger partial charge in [0.05, 0.1) is 24.6 Å². The molecule has 28 heavy (non-hydrogen) atoms. The first kappa shape index (κ1) is 21.3. The number of carbonyl (C=O) groups excluding carboxylic acids is 2. The van der Waals surface area contributed by atoms with Gasteiger partial charge < -0.3 is 23.8 Å². The van der Waals surface area contributed by atoms with Gasteiger partial charge in [0.25, 0.3) is 0 Å². The van der Waals surface area contributed by atoms with E-state index in [1.54, 1.807) is 39.6 Å². The number of hydrogen-bond donors (Lipinski definition) is 0. The van der Waals surface area contributed by atoms with Gasteiger partial charge in [-0.3, -0.25) is 0 Å². The molecule has 0 bridgehead atoms. The van der Waals surface area contributed by atoms with Crippen LogP contribution in [0.3, 0.4) is 0 Å². The summed E-state index contributed by atoms with van der Waals surface area (Å²) in [5, 5.41) is 0. The summed E-state index contributed by atoms with van der Waals surface area (Å²) in [5.74, 6) is -0.737. The van der Waals surface area contributed by atoms with E-state index in [2.05, 4.69) is 0 Å². The summed E-state index contributed by atoms with van der Waals surface area (Å²) in [7, 11) is 1.74. The molecule has 7 nitrogen and oxygen atoms in total. The van der Waals surface area contributed by atoms with E-state index < -0.39 is 24.0 Å². The first-order valence-electron chi connectivity index (χ1n) is 8.90. The first-order chi connectivity index (χ1) is 13.3. The fourth-order valence-corrected chi connectivity index (χ4v) is 2.82. The van der Waals surface area contributed by atoms with Crippen LogP contribution in [-0.2, 0) is 18.9 Å². The Morgan fingerprint density at radius 3 is 1.75 bits per heavy atom. The van der Waals surface area contributed by atoms with Crippen molar-refractivity contribution < 1.29 is 32.9 Å². The monoisotopic (exact) mass is 393 g/mol. The molecule has 0 aromatic heterocycles. The van der Waals surface area contributed by atoms with E-state index in [9.17, 15) is 14.0 Å². The molecule has 1 heterocycles. The zero-order chi connectivity index (χ0) is 20.8. The minimum absolute atomic E-state index is 0.142.